The van der Waals surface area contributed by atoms with Gasteiger partial charge in [-0.05, 0) is 29.5 Å². The number of ether oxygens (including phenoxy) is 1. The van der Waals surface area contributed by atoms with Gasteiger partial charge in [0.05, 0.1) is 18.4 Å². The first kappa shape index (κ1) is 11.2. The third-order valence-corrected chi connectivity index (χ3v) is 2.98. The predicted molar refractivity (Wildman–Crippen MR) is 66.8 cm³/mol. The molecule has 0 unspecified atom stereocenters. The summed E-state index contributed by atoms with van der Waals surface area (Å²) in [4.78, 5) is 2.15. The summed E-state index contributed by atoms with van der Waals surface area (Å²) in [5.41, 5.74) is 0.969. The molecular weight excluding hydrogens is 230 g/mol. The van der Waals surface area contributed by atoms with Crippen LogP contribution < -0.4 is 4.90 Å². The van der Waals surface area contributed by atoms with E-state index in [2.05, 4.69) is 27.3 Å². The van der Waals surface area contributed by atoms with Gasteiger partial charge < -0.3 is 9.64 Å². The molecule has 3 rings (SSSR count). The highest BCUT2D eigenvalue weighted by Gasteiger charge is 2.22. The number of benzene rings is 1. The lowest BCUT2D eigenvalue weighted by atomic mass is 10.3. The van der Waals surface area contributed by atoms with Gasteiger partial charge in [0.2, 0.25) is 0 Å². The Morgan fingerprint density at radius 1 is 1.28 bits per heavy atom. The molecule has 1 fully saturated rings. The highest BCUT2D eigenvalue weighted by molar-refractivity contribution is 5.40. The fourth-order valence-electron chi connectivity index (χ4n) is 2.12. The van der Waals surface area contributed by atoms with Crippen LogP contribution in [0.25, 0.3) is 5.69 Å². The van der Waals surface area contributed by atoms with Gasteiger partial charge >= 0.3 is 0 Å². The summed E-state index contributed by atoms with van der Waals surface area (Å²) in [5.74, 6) is 0.774. The second-order valence-electron chi connectivity index (χ2n) is 4.35. The molecule has 1 aliphatic rings. The summed E-state index contributed by atoms with van der Waals surface area (Å²) >= 11 is 0. The lowest BCUT2D eigenvalue weighted by molar-refractivity contribution is 0.0525. The Morgan fingerprint density at radius 3 is 2.89 bits per heavy atom. The number of hydrogen-bond donors (Lipinski definition) is 0. The number of nitrogens with zero attached hydrogens (tertiary/aromatic N) is 5. The molecule has 0 aliphatic carbocycles. The second-order valence-corrected chi connectivity index (χ2v) is 4.35. The summed E-state index contributed by atoms with van der Waals surface area (Å²) in [7, 11) is 0. The van der Waals surface area contributed by atoms with Crippen molar-refractivity contribution < 1.29 is 4.74 Å². The van der Waals surface area contributed by atoms with E-state index >= 15 is 0 Å². The van der Waals surface area contributed by atoms with Crippen LogP contribution in [0.4, 0.5) is 5.95 Å². The zero-order valence-electron chi connectivity index (χ0n) is 10.2. The molecule has 6 heteroatoms. The Balaban J connectivity index is 1.92. The van der Waals surface area contributed by atoms with E-state index in [-0.39, 0.29) is 6.10 Å². The highest BCUT2D eigenvalue weighted by Crippen LogP contribution is 2.17. The molecule has 1 aliphatic heterocycles. The van der Waals surface area contributed by atoms with Crippen molar-refractivity contribution in [3.8, 4) is 5.69 Å². The number of morpholine rings is 1. The summed E-state index contributed by atoms with van der Waals surface area (Å²) in [6.07, 6.45) is 0.208. The van der Waals surface area contributed by atoms with E-state index in [1.54, 1.807) is 4.68 Å². The fraction of sp³-hybridized carbons (Fsp3) is 0.417. The van der Waals surface area contributed by atoms with Crippen LogP contribution in [0.1, 0.15) is 6.92 Å². The normalized spacial score (nSPS) is 20.1. The Morgan fingerprint density at radius 2 is 2.11 bits per heavy atom. The standard InChI is InChI=1S/C12H15N5O/c1-10-9-16(7-8-18-10)12-13-14-15-17(12)11-5-3-2-4-6-11/h2-6,10H,7-9H2,1H3/t10-/m0/s1. The second kappa shape index (κ2) is 4.73. The van der Waals surface area contributed by atoms with Crippen molar-refractivity contribution in [2.75, 3.05) is 24.6 Å². The molecular formula is C12H15N5O. The molecule has 0 saturated carbocycles. The summed E-state index contributed by atoms with van der Waals surface area (Å²) < 4.78 is 7.29. The molecule has 0 N–H and O–H groups in total. The zero-order chi connectivity index (χ0) is 12.4. The monoisotopic (exact) mass is 245 g/mol. The van der Waals surface area contributed by atoms with E-state index in [4.69, 9.17) is 4.74 Å². The van der Waals surface area contributed by atoms with Crippen molar-refractivity contribution in [3.05, 3.63) is 30.3 Å². The Bertz CT molecular complexity index is 512. The highest BCUT2D eigenvalue weighted by atomic mass is 16.5. The molecule has 94 valence electrons. The van der Waals surface area contributed by atoms with Crippen molar-refractivity contribution in [1.29, 1.82) is 0 Å². The quantitative estimate of drug-likeness (QED) is 0.786. The number of tetrazole rings is 1. The Hall–Kier alpha value is -1.95. The lowest BCUT2D eigenvalue weighted by Gasteiger charge is -2.31. The fourth-order valence-corrected chi connectivity index (χ4v) is 2.12. The van der Waals surface area contributed by atoms with Gasteiger partial charge in [-0.3, -0.25) is 0 Å². The van der Waals surface area contributed by atoms with Crippen molar-refractivity contribution in [1.82, 2.24) is 20.2 Å². The van der Waals surface area contributed by atoms with Gasteiger partial charge in [0.25, 0.3) is 5.95 Å². The van der Waals surface area contributed by atoms with E-state index in [1.807, 2.05) is 30.3 Å². The van der Waals surface area contributed by atoms with Gasteiger partial charge in [-0.25, -0.2) is 0 Å². The minimum atomic E-state index is 0.208. The minimum absolute atomic E-state index is 0.208. The van der Waals surface area contributed by atoms with Crippen LogP contribution in [0.2, 0.25) is 0 Å². The zero-order valence-corrected chi connectivity index (χ0v) is 10.2. The van der Waals surface area contributed by atoms with Crippen LogP contribution in [0.5, 0.6) is 0 Å². The van der Waals surface area contributed by atoms with Crippen molar-refractivity contribution >= 4 is 5.95 Å². The van der Waals surface area contributed by atoms with Crippen molar-refractivity contribution in [2.45, 2.75) is 13.0 Å². The molecule has 1 saturated heterocycles. The summed E-state index contributed by atoms with van der Waals surface area (Å²) in [6, 6.07) is 9.91. The average molecular weight is 245 g/mol. The molecule has 2 heterocycles. The SMILES string of the molecule is C[C@H]1CN(c2nnnn2-c2ccccc2)CCO1. The third-order valence-electron chi connectivity index (χ3n) is 2.98. The van der Waals surface area contributed by atoms with Gasteiger partial charge in [-0.15, -0.1) is 0 Å². The molecule has 0 radical (unpaired) electrons. The van der Waals surface area contributed by atoms with Crippen LogP contribution in [0.3, 0.4) is 0 Å². The maximum Gasteiger partial charge on any atom is 0.250 e. The van der Waals surface area contributed by atoms with Gasteiger partial charge in [0.15, 0.2) is 0 Å². The van der Waals surface area contributed by atoms with Crippen LogP contribution in [0, 0.1) is 0 Å². The molecule has 0 bridgehead atoms. The number of hydrogen-bond acceptors (Lipinski definition) is 5. The van der Waals surface area contributed by atoms with Crippen LogP contribution in [0.15, 0.2) is 30.3 Å². The molecule has 1 aromatic heterocycles. The maximum absolute atomic E-state index is 5.53. The van der Waals surface area contributed by atoms with Crippen LogP contribution in [-0.2, 0) is 4.74 Å². The van der Waals surface area contributed by atoms with Gasteiger partial charge in [0, 0.05) is 13.1 Å². The van der Waals surface area contributed by atoms with Crippen molar-refractivity contribution in [2.24, 2.45) is 0 Å². The topological polar surface area (TPSA) is 56.1 Å². The van der Waals surface area contributed by atoms with Gasteiger partial charge in [-0.2, -0.15) is 4.68 Å². The molecule has 0 amide bonds. The molecule has 0 spiro atoms. The lowest BCUT2D eigenvalue weighted by Crippen LogP contribution is -2.42. The van der Waals surface area contributed by atoms with E-state index in [0.717, 1.165) is 24.7 Å². The van der Waals surface area contributed by atoms with Crippen LogP contribution in [-0.4, -0.2) is 46.0 Å². The molecule has 1 atom stereocenters. The van der Waals surface area contributed by atoms with Gasteiger partial charge in [0.1, 0.15) is 0 Å². The number of anilines is 1. The summed E-state index contributed by atoms with van der Waals surface area (Å²) in [6.45, 7) is 4.40. The predicted octanol–water partition coefficient (Wildman–Crippen LogP) is 0.887. The molecule has 2 aromatic rings. The maximum atomic E-state index is 5.53. The first-order chi connectivity index (χ1) is 8.84. The first-order valence-electron chi connectivity index (χ1n) is 6.05. The Kier molecular flexibility index (Phi) is 2.93. The van der Waals surface area contributed by atoms with E-state index in [1.165, 1.54) is 0 Å². The molecule has 1 aromatic carbocycles. The van der Waals surface area contributed by atoms with E-state index in [0.29, 0.717) is 6.61 Å². The van der Waals surface area contributed by atoms with E-state index < -0.39 is 0 Å². The number of rotatable bonds is 2. The minimum Gasteiger partial charge on any atom is -0.375 e. The average Bonchev–Trinajstić information content (AvgIpc) is 2.89. The van der Waals surface area contributed by atoms with Gasteiger partial charge in [-0.1, -0.05) is 23.3 Å². The summed E-state index contributed by atoms with van der Waals surface area (Å²) in [5, 5.41) is 12.0. The van der Waals surface area contributed by atoms with Crippen molar-refractivity contribution in [3.63, 3.8) is 0 Å². The molecule has 18 heavy (non-hydrogen) atoms. The largest absolute Gasteiger partial charge is 0.375 e. The third kappa shape index (κ3) is 2.06. The first-order valence-corrected chi connectivity index (χ1v) is 6.05. The smallest absolute Gasteiger partial charge is 0.250 e. The number of aromatic nitrogens is 4. The Labute approximate surface area is 105 Å². The molecule has 6 nitrogen and oxygen atoms in total. The van der Waals surface area contributed by atoms with Crippen LogP contribution >= 0.6 is 0 Å². The number of para-hydroxylation sites is 1. The van der Waals surface area contributed by atoms with E-state index in [9.17, 15) is 0 Å².